The Bertz CT molecular complexity index is 495. The van der Waals surface area contributed by atoms with E-state index in [1.54, 1.807) is 7.11 Å². The van der Waals surface area contributed by atoms with Crippen molar-refractivity contribution in [1.29, 1.82) is 0 Å². The lowest BCUT2D eigenvalue weighted by atomic mass is 10.0. The molecule has 1 fully saturated rings. The number of halogens is 1. The van der Waals surface area contributed by atoms with Crippen LogP contribution in [0.1, 0.15) is 18.5 Å². The van der Waals surface area contributed by atoms with E-state index in [4.69, 9.17) is 15.2 Å². The van der Waals surface area contributed by atoms with Crippen molar-refractivity contribution in [3.63, 3.8) is 0 Å². The molecule has 0 radical (unpaired) electrons. The van der Waals surface area contributed by atoms with Crippen LogP contribution in [0.15, 0.2) is 22.7 Å². The van der Waals surface area contributed by atoms with Crippen LogP contribution in [0.2, 0.25) is 0 Å². The normalized spacial score (nSPS) is 23.4. The molecule has 0 aromatic heterocycles. The van der Waals surface area contributed by atoms with E-state index in [0.29, 0.717) is 13.2 Å². The van der Waals surface area contributed by atoms with Gasteiger partial charge in [-0.2, -0.15) is 0 Å². The molecule has 0 bridgehead atoms. The Morgan fingerprint density at radius 3 is 2.85 bits per heavy atom. The summed E-state index contributed by atoms with van der Waals surface area (Å²) >= 11 is 3.44. The number of nitrogens with two attached hydrogens (primary N) is 1. The van der Waals surface area contributed by atoms with Gasteiger partial charge >= 0.3 is 0 Å². The standard InChI is InChI=1S/C14H19BrN2O3/c1-8(9-3-4-13(19-2)11(15)5-9)17-14(18)10-6-20-7-12(10)16/h3-5,8,10,12H,6-7,16H2,1-2H3,(H,17,18). The predicted molar refractivity (Wildman–Crippen MR) is 79.5 cm³/mol. The number of hydrogen-bond acceptors (Lipinski definition) is 4. The van der Waals surface area contributed by atoms with Gasteiger partial charge in [-0.1, -0.05) is 6.07 Å². The molecule has 2 rings (SSSR count). The second-order valence-corrected chi connectivity index (χ2v) is 5.79. The number of benzene rings is 1. The van der Waals surface area contributed by atoms with Crippen LogP contribution in [-0.2, 0) is 9.53 Å². The van der Waals surface area contributed by atoms with Crippen LogP contribution in [0, 0.1) is 5.92 Å². The van der Waals surface area contributed by atoms with E-state index in [-0.39, 0.29) is 23.9 Å². The van der Waals surface area contributed by atoms with Gasteiger partial charge in [0.25, 0.3) is 0 Å². The van der Waals surface area contributed by atoms with Crippen molar-refractivity contribution in [2.24, 2.45) is 11.7 Å². The van der Waals surface area contributed by atoms with Crippen LogP contribution in [-0.4, -0.2) is 32.3 Å². The summed E-state index contributed by atoms with van der Waals surface area (Å²) in [6.45, 7) is 2.78. The molecular weight excluding hydrogens is 324 g/mol. The first-order chi connectivity index (χ1) is 9.52. The van der Waals surface area contributed by atoms with Gasteiger partial charge in [0.2, 0.25) is 5.91 Å². The number of carbonyl (C=O) groups is 1. The molecule has 6 heteroatoms. The lowest BCUT2D eigenvalue weighted by Crippen LogP contribution is -2.41. The zero-order valence-corrected chi connectivity index (χ0v) is 13.1. The third-order valence-electron chi connectivity index (χ3n) is 3.50. The second kappa shape index (κ2) is 6.56. The second-order valence-electron chi connectivity index (χ2n) is 4.93. The molecule has 3 unspecified atom stereocenters. The summed E-state index contributed by atoms with van der Waals surface area (Å²) in [5, 5.41) is 2.97. The first kappa shape index (κ1) is 15.3. The number of ether oxygens (including phenoxy) is 2. The van der Waals surface area contributed by atoms with E-state index in [0.717, 1.165) is 15.8 Å². The summed E-state index contributed by atoms with van der Waals surface area (Å²) < 4.78 is 11.3. The summed E-state index contributed by atoms with van der Waals surface area (Å²) in [6, 6.07) is 5.42. The fraction of sp³-hybridized carbons (Fsp3) is 0.500. The number of carbonyl (C=O) groups excluding carboxylic acids is 1. The van der Waals surface area contributed by atoms with E-state index in [1.807, 2.05) is 25.1 Å². The Hall–Kier alpha value is -1.11. The average Bonchev–Trinajstić information content (AvgIpc) is 2.84. The van der Waals surface area contributed by atoms with Gasteiger partial charge in [0, 0.05) is 6.04 Å². The van der Waals surface area contributed by atoms with Crippen molar-refractivity contribution in [2.75, 3.05) is 20.3 Å². The first-order valence-corrected chi connectivity index (χ1v) is 7.29. The summed E-state index contributed by atoms with van der Waals surface area (Å²) in [5.74, 6) is 0.437. The van der Waals surface area contributed by atoms with Gasteiger partial charge in [-0.15, -0.1) is 0 Å². The molecule has 1 aromatic rings. The summed E-state index contributed by atoms with van der Waals surface area (Å²) in [6.07, 6.45) is 0. The van der Waals surface area contributed by atoms with E-state index in [2.05, 4.69) is 21.2 Å². The fourth-order valence-corrected chi connectivity index (χ4v) is 2.76. The maximum absolute atomic E-state index is 12.1. The zero-order chi connectivity index (χ0) is 14.7. The Morgan fingerprint density at radius 2 is 2.30 bits per heavy atom. The minimum atomic E-state index is -0.265. The Morgan fingerprint density at radius 1 is 1.55 bits per heavy atom. The summed E-state index contributed by atoms with van der Waals surface area (Å²) in [5.41, 5.74) is 6.85. The molecule has 0 saturated carbocycles. The zero-order valence-electron chi connectivity index (χ0n) is 11.6. The third-order valence-corrected chi connectivity index (χ3v) is 4.12. The van der Waals surface area contributed by atoms with Crippen molar-refractivity contribution in [3.05, 3.63) is 28.2 Å². The van der Waals surface area contributed by atoms with Crippen LogP contribution in [0.3, 0.4) is 0 Å². The molecule has 1 amide bonds. The maximum atomic E-state index is 12.1. The van der Waals surface area contributed by atoms with Crippen molar-refractivity contribution in [1.82, 2.24) is 5.32 Å². The number of methoxy groups -OCH3 is 1. The van der Waals surface area contributed by atoms with Gasteiger partial charge in [0.1, 0.15) is 5.75 Å². The monoisotopic (exact) mass is 342 g/mol. The molecular formula is C14H19BrN2O3. The van der Waals surface area contributed by atoms with Crippen LogP contribution in [0.5, 0.6) is 5.75 Å². The van der Waals surface area contributed by atoms with Gasteiger partial charge in [-0.05, 0) is 40.5 Å². The Kier molecular flexibility index (Phi) is 5.01. The molecule has 110 valence electrons. The number of rotatable bonds is 4. The van der Waals surface area contributed by atoms with E-state index >= 15 is 0 Å². The highest BCUT2D eigenvalue weighted by Gasteiger charge is 2.32. The quantitative estimate of drug-likeness (QED) is 0.871. The Labute approximate surface area is 126 Å². The largest absolute Gasteiger partial charge is 0.496 e. The molecule has 3 N–H and O–H groups in total. The van der Waals surface area contributed by atoms with Crippen molar-refractivity contribution < 1.29 is 14.3 Å². The smallest absolute Gasteiger partial charge is 0.227 e. The van der Waals surface area contributed by atoms with Gasteiger partial charge in [0.05, 0.1) is 36.8 Å². The summed E-state index contributed by atoms with van der Waals surface area (Å²) in [4.78, 5) is 12.1. The molecule has 1 aromatic carbocycles. The molecule has 20 heavy (non-hydrogen) atoms. The minimum Gasteiger partial charge on any atom is -0.496 e. The number of hydrogen-bond donors (Lipinski definition) is 2. The molecule has 0 aliphatic carbocycles. The SMILES string of the molecule is COc1ccc(C(C)NC(=O)C2COCC2N)cc1Br. The van der Waals surface area contributed by atoms with Crippen molar-refractivity contribution >= 4 is 21.8 Å². The maximum Gasteiger partial charge on any atom is 0.227 e. The third kappa shape index (κ3) is 3.31. The highest BCUT2D eigenvalue weighted by Crippen LogP contribution is 2.28. The highest BCUT2D eigenvalue weighted by molar-refractivity contribution is 9.10. The van der Waals surface area contributed by atoms with Crippen molar-refractivity contribution in [2.45, 2.75) is 19.0 Å². The van der Waals surface area contributed by atoms with Gasteiger partial charge in [0.15, 0.2) is 0 Å². The van der Waals surface area contributed by atoms with Crippen LogP contribution in [0.25, 0.3) is 0 Å². The summed E-state index contributed by atoms with van der Waals surface area (Å²) in [7, 11) is 1.62. The van der Waals surface area contributed by atoms with E-state index in [9.17, 15) is 4.79 Å². The molecule has 1 saturated heterocycles. The van der Waals surface area contributed by atoms with Crippen LogP contribution >= 0.6 is 15.9 Å². The lowest BCUT2D eigenvalue weighted by Gasteiger charge is -2.19. The number of nitrogens with one attached hydrogen (secondary N) is 1. The van der Waals surface area contributed by atoms with Gasteiger partial charge in [-0.3, -0.25) is 4.79 Å². The molecule has 5 nitrogen and oxygen atoms in total. The highest BCUT2D eigenvalue weighted by atomic mass is 79.9. The number of amides is 1. The van der Waals surface area contributed by atoms with E-state index in [1.165, 1.54) is 0 Å². The molecule has 3 atom stereocenters. The fourth-order valence-electron chi connectivity index (χ4n) is 2.20. The van der Waals surface area contributed by atoms with Gasteiger partial charge < -0.3 is 20.5 Å². The molecule has 1 heterocycles. The average molecular weight is 343 g/mol. The molecule has 1 aliphatic heterocycles. The first-order valence-electron chi connectivity index (χ1n) is 6.50. The molecule has 1 aliphatic rings. The minimum absolute atomic E-state index is 0.0607. The van der Waals surface area contributed by atoms with Crippen LogP contribution < -0.4 is 15.8 Å². The lowest BCUT2D eigenvalue weighted by molar-refractivity contribution is -0.125. The predicted octanol–water partition coefficient (Wildman–Crippen LogP) is 1.61. The Balaban J connectivity index is 2.02. The molecule has 0 spiro atoms. The topological polar surface area (TPSA) is 73.6 Å². The van der Waals surface area contributed by atoms with Crippen LogP contribution in [0.4, 0.5) is 0 Å². The van der Waals surface area contributed by atoms with Crippen molar-refractivity contribution in [3.8, 4) is 5.75 Å². The van der Waals surface area contributed by atoms with Gasteiger partial charge in [-0.25, -0.2) is 0 Å². The van der Waals surface area contributed by atoms with E-state index < -0.39 is 0 Å².